The van der Waals surface area contributed by atoms with E-state index in [1.165, 1.54) is 0 Å². The van der Waals surface area contributed by atoms with Crippen LogP contribution in [0, 0.1) is 5.92 Å². The van der Waals surface area contributed by atoms with Gasteiger partial charge in [0, 0.05) is 0 Å². The van der Waals surface area contributed by atoms with Crippen LogP contribution in [0.5, 0.6) is 5.75 Å². The highest BCUT2D eigenvalue weighted by Crippen LogP contribution is 2.18. The average Bonchev–Trinajstić information content (AvgIpc) is 2.57. The van der Waals surface area contributed by atoms with Crippen molar-refractivity contribution in [1.82, 2.24) is 4.90 Å². The molecule has 7 heteroatoms. The summed E-state index contributed by atoms with van der Waals surface area (Å²) in [5.41, 5.74) is 6.08. The highest BCUT2D eigenvalue weighted by atomic mass is 16.6. The minimum absolute atomic E-state index is 0.214. The Kier molecular flexibility index (Phi) is 7.97. The fourth-order valence-electron chi connectivity index (χ4n) is 2.47. The molecule has 7 nitrogen and oxygen atoms in total. The maximum Gasteiger partial charge on any atom is 0.417 e. The molecule has 27 heavy (non-hydrogen) atoms. The summed E-state index contributed by atoms with van der Waals surface area (Å²) in [6.45, 7) is 8.57. The number of hydrogen-bond acceptors (Lipinski definition) is 6. The Bertz CT molecular complexity index is 649. The van der Waals surface area contributed by atoms with Gasteiger partial charge in [0.1, 0.15) is 23.7 Å². The molecule has 0 aromatic heterocycles. The molecule has 1 aromatic carbocycles. The van der Waals surface area contributed by atoms with Crippen molar-refractivity contribution in [3.8, 4) is 5.75 Å². The predicted molar refractivity (Wildman–Crippen MR) is 102 cm³/mol. The van der Waals surface area contributed by atoms with Crippen molar-refractivity contribution in [1.29, 1.82) is 0 Å². The average molecular weight is 378 g/mol. The summed E-state index contributed by atoms with van der Waals surface area (Å²) in [5.74, 6) is -0.229. The molecule has 2 N–H and O–H groups in total. The van der Waals surface area contributed by atoms with Gasteiger partial charge in [-0.2, -0.15) is 0 Å². The third-order valence-corrected chi connectivity index (χ3v) is 3.88. The first-order chi connectivity index (χ1) is 12.5. The summed E-state index contributed by atoms with van der Waals surface area (Å²) in [6.07, 6.45) is -0.0817. The van der Waals surface area contributed by atoms with Crippen molar-refractivity contribution in [2.24, 2.45) is 11.7 Å². The van der Waals surface area contributed by atoms with Crippen LogP contribution in [0.4, 0.5) is 4.79 Å². The van der Waals surface area contributed by atoms with E-state index >= 15 is 0 Å². The van der Waals surface area contributed by atoms with Crippen LogP contribution in [0.2, 0.25) is 0 Å². The normalized spacial score (nSPS) is 13.6. The second kappa shape index (κ2) is 9.50. The quantitative estimate of drug-likeness (QED) is 0.732. The zero-order valence-corrected chi connectivity index (χ0v) is 16.9. The molecule has 1 aromatic rings. The monoisotopic (exact) mass is 378 g/mol. The molecule has 2 amide bonds. The second-order valence-electron chi connectivity index (χ2n) is 7.72. The lowest BCUT2D eigenvalue weighted by atomic mass is 10.0. The molecule has 0 radical (unpaired) electrons. The van der Waals surface area contributed by atoms with Crippen LogP contribution in [0.1, 0.15) is 40.2 Å². The van der Waals surface area contributed by atoms with E-state index in [1.54, 1.807) is 66.0 Å². The number of benzene rings is 1. The number of carbonyl (C=O) groups excluding carboxylic acids is 3. The van der Waals surface area contributed by atoms with Gasteiger partial charge in [-0.1, -0.05) is 26.0 Å². The maximum absolute atomic E-state index is 12.9. The van der Waals surface area contributed by atoms with Crippen molar-refractivity contribution < 1.29 is 23.9 Å². The third kappa shape index (κ3) is 6.67. The standard InChI is InChI=1S/C20H30N2O5/c1-13(2)17(12-23)22(19(25)27-20(3,4)5)18(24)16(21)11-14-7-9-15(26-6)10-8-14/h7-10,12-13,16-17H,11,21H2,1-6H3/t16?,17-/m1/s1. The van der Waals surface area contributed by atoms with Crippen LogP contribution in [-0.4, -0.2) is 48.0 Å². The van der Waals surface area contributed by atoms with Crippen molar-refractivity contribution in [3.63, 3.8) is 0 Å². The molecular weight excluding hydrogens is 348 g/mol. The molecule has 0 heterocycles. The zero-order chi connectivity index (χ0) is 20.8. The topological polar surface area (TPSA) is 98.9 Å². The molecule has 1 unspecified atom stereocenters. The molecule has 0 saturated heterocycles. The number of rotatable bonds is 7. The smallest absolute Gasteiger partial charge is 0.417 e. The van der Waals surface area contributed by atoms with Crippen LogP contribution in [-0.2, 0) is 20.7 Å². The van der Waals surface area contributed by atoms with Gasteiger partial charge in [-0.15, -0.1) is 0 Å². The molecule has 0 fully saturated rings. The number of ether oxygens (including phenoxy) is 2. The van der Waals surface area contributed by atoms with Gasteiger partial charge in [0.05, 0.1) is 13.2 Å². The molecule has 0 aliphatic carbocycles. The summed E-state index contributed by atoms with van der Waals surface area (Å²) >= 11 is 0. The first-order valence-corrected chi connectivity index (χ1v) is 8.90. The van der Waals surface area contributed by atoms with Gasteiger partial charge in [0.25, 0.3) is 0 Å². The van der Waals surface area contributed by atoms with Gasteiger partial charge in [0.15, 0.2) is 0 Å². The molecule has 150 valence electrons. The van der Waals surface area contributed by atoms with Crippen molar-refractivity contribution in [2.75, 3.05) is 7.11 Å². The number of amides is 2. The molecule has 0 aliphatic rings. The summed E-state index contributed by atoms with van der Waals surface area (Å²) in [4.78, 5) is 37.9. The molecule has 0 bridgehead atoms. The number of methoxy groups -OCH3 is 1. The first-order valence-electron chi connectivity index (χ1n) is 8.90. The number of imide groups is 1. The molecule has 0 spiro atoms. The van der Waals surface area contributed by atoms with Crippen molar-refractivity contribution >= 4 is 18.3 Å². The SMILES string of the molecule is COc1ccc(CC(N)C(=O)N(C(=O)OC(C)(C)C)[C@H](C=O)C(C)C)cc1. The minimum atomic E-state index is -0.993. The fourth-order valence-corrected chi connectivity index (χ4v) is 2.47. The molecular formula is C20H30N2O5. The van der Waals surface area contributed by atoms with E-state index in [9.17, 15) is 14.4 Å². The number of nitrogens with zero attached hydrogens (tertiary/aromatic N) is 1. The Hall–Kier alpha value is -2.41. The van der Waals surface area contributed by atoms with Crippen LogP contribution in [0.15, 0.2) is 24.3 Å². The third-order valence-electron chi connectivity index (χ3n) is 3.88. The Morgan fingerprint density at radius 1 is 1.19 bits per heavy atom. The van der Waals surface area contributed by atoms with Crippen LogP contribution >= 0.6 is 0 Å². The van der Waals surface area contributed by atoms with E-state index < -0.39 is 29.7 Å². The summed E-state index contributed by atoms with van der Waals surface area (Å²) in [5, 5.41) is 0. The van der Waals surface area contributed by atoms with Crippen LogP contribution < -0.4 is 10.5 Å². The summed E-state index contributed by atoms with van der Waals surface area (Å²) < 4.78 is 10.4. The lowest BCUT2D eigenvalue weighted by molar-refractivity contribution is -0.137. The van der Waals surface area contributed by atoms with Gasteiger partial charge in [-0.3, -0.25) is 4.79 Å². The van der Waals surface area contributed by atoms with Gasteiger partial charge < -0.3 is 20.0 Å². The van der Waals surface area contributed by atoms with Gasteiger partial charge >= 0.3 is 6.09 Å². The lowest BCUT2D eigenvalue weighted by Gasteiger charge is -2.32. The van der Waals surface area contributed by atoms with E-state index in [1.807, 2.05) is 0 Å². The Morgan fingerprint density at radius 3 is 2.15 bits per heavy atom. The molecule has 0 aliphatic heterocycles. The van der Waals surface area contributed by atoms with Gasteiger partial charge in [0.2, 0.25) is 5.91 Å². The van der Waals surface area contributed by atoms with E-state index in [0.717, 1.165) is 10.5 Å². The Labute approximate surface area is 160 Å². The largest absolute Gasteiger partial charge is 0.497 e. The minimum Gasteiger partial charge on any atom is -0.497 e. The van der Waals surface area contributed by atoms with Crippen LogP contribution in [0.3, 0.4) is 0 Å². The molecule has 2 atom stereocenters. The second-order valence-corrected chi connectivity index (χ2v) is 7.72. The van der Waals surface area contributed by atoms with E-state index in [4.69, 9.17) is 15.2 Å². The fraction of sp³-hybridized carbons (Fsp3) is 0.550. The van der Waals surface area contributed by atoms with Crippen molar-refractivity contribution in [2.45, 2.75) is 58.7 Å². The lowest BCUT2D eigenvalue weighted by Crippen LogP contribution is -2.55. The molecule has 0 saturated carbocycles. The van der Waals surface area contributed by atoms with Gasteiger partial charge in [-0.25, -0.2) is 9.69 Å². The van der Waals surface area contributed by atoms with Crippen LogP contribution in [0.25, 0.3) is 0 Å². The highest BCUT2D eigenvalue weighted by molar-refractivity contribution is 5.97. The number of nitrogens with two attached hydrogens (primary N) is 1. The maximum atomic E-state index is 12.9. The highest BCUT2D eigenvalue weighted by Gasteiger charge is 2.37. The van der Waals surface area contributed by atoms with E-state index in [0.29, 0.717) is 12.0 Å². The number of hydrogen-bond donors (Lipinski definition) is 1. The molecule has 1 rings (SSSR count). The van der Waals surface area contributed by atoms with Crippen molar-refractivity contribution in [3.05, 3.63) is 29.8 Å². The number of carbonyl (C=O) groups is 3. The zero-order valence-electron chi connectivity index (χ0n) is 16.9. The Balaban J connectivity index is 3.05. The summed E-state index contributed by atoms with van der Waals surface area (Å²) in [7, 11) is 1.56. The Morgan fingerprint density at radius 2 is 1.74 bits per heavy atom. The number of aldehydes is 1. The predicted octanol–water partition coefficient (Wildman–Crippen LogP) is 2.55. The van der Waals surface area contributed by atoms with E-state index in [-0.39, 0.29) is 12.3 Å². The summed E-state index contributed by atoms with van der Waals surface area (Å²) in [6, 6.07) is 5.18. The van der Waals surface area contributed by atoms with Gasteiger partial charge in [-0.05, 0) is 50.8 Å². The first kappa shape index (κ1) is 22.6. The van der Waals surface area contributed by atoms with E-state index in [2.05, 4.69) is 0 Å².